The van der Waals surface area contributed by atoms with Crippen molar-refractivity contribution >= 4 is 17.4 Å². The molecule has 0 bridgehead atoms. The Morgan fingerprint density at radius 2 is 2.35 bits per heavy atom. The average molecular weight is 236 g/mol. The normalized spacial score (nSPS) is 12.4. The van der Waals surface area contributed by atoms with Crippen LogP contribution in [0.1, 0.15) is 6.92 Å². The van der Waals surface area contributed by atoms with Gasteiger partial charge in [0, 0.05) is 13.1 Å². The van der Waals surface area contributed by atoms with Crippen molar-refractivity contribution in [3.8, 4) is 0 Å². The van der Waals surface area contributed by atoms with E-state index < -0.39 is 6.04 Å². The molecule has 0 spiro atoms. The van der Waals surface area contributed by atoms with Crippen molar-refractivity contribution in [3.63, 3.8) is 0 Å². The maximum atomic E-state index is 11.3. The fraction of sp³-hybridized carbons (Fsp3) is 0.333. The molecule has 8 nitrogen and oxygen atoms in total. The Hall–Kier alpha value is -2.38. The number of anilines is 1. The van der Waals surface area contributed by atoms with E-state index in [-0.39, 0.29) is 11.6 Å². The maximum Gasteiger partial charge on any atom is 0.348 e. The Morgan fingerprint density at radius 1 is 1.59 bits per heavy atom. The van der Waals surface area contributed by atoms with E-state index in [1.54, 1.807) is 20.0 Å². The van der Waals surface area contributed by atoms with Gasteiger partial charge in [0.1, 0.15) is 18.2 Å². The molecule has 17 heavy (non-hydrogen) atoms. The first-order chi connectivity index (χ1) is 8.11. The van der Waals surface area contributed by atoms with E-state index >= 15 is 0 Å². The van der Waals surface area contributed by atoms with Gasteiger partial charge in [0.2, 0.25) is 5.91 Å². The van der Waals surface area contributed by atoms with Crippen LogP contribution in [-0.4, -0.2) is 38.6 Å². The highest BCUT2D eigenvalue weighted by Gasteiger charge is 2.11. The lowest BCUT2D eigenvalue weighted by Crippen LogP contribution is -2.35. The lowest BCUT2D eigenvalue weighted by molar-refractivity contribution is -0.121. The van der Waals surface area contributed by atoms with E-state index in [0.717, 1.165) is 0 Å². The molecule has 0 saturated heterocycles. The summed E-state index contributed by atoms with van der Waals surface area (Å²) in [6.07, 6.45) is 1.35. The van der Waals surface area contributed by atoms with Gasteiger partial charge in [-0.2, -0.15) is 5.10 Å². The minimum atomic E-state index is -0.416. The third-order valence-corrected chi connectivity index (χ3v) is 2.31. The zero-order chi connectivity index (χ0) is 12.4. The fourth-order valence-electron chi connectivity index (χ4n) is 1.39. The van der Waals surface area contributed by atoms with Crippen LogP contribution in [0.4, 0.5) is 5.82 Å². The Morgan fingerprint density at radius 3 is 3.06 bits per heavy atom. The van der Waals surface area contributed by atoms with Crippen molar-refractivity contribution < 1.29 is 4.79 Å². The zero-order valence-corrected chi connectivity index (χ0v) is 9.39. The highest BCUT2D eigenvalue weighted by molar-refractivity contribution is 5.83. The number of fused-ring (bicyclic) bond motifs is 1. The number of likely N-dealkylation sites (N-methyl/N-ethyl adjacent to an activating group) is 1. The zero-order valence-electron chi connectivity index (χ0n) is 9.39. The summed E-state index contributed by atoms with van der Waals surface area (Å²) in [7, 11) is 1.56. The van der Waals surface area contributed by atoms with Crippen LogP contribution in [0.25, 0.3) is 5.65 Å². The second-order valence-corrected chi connectivity index (χ2v) is 3.51. The summed E-state index contributed by atoms with van der Waals surface area (Å²) in [6, 6.07) is 1.16. The molecule has 0 radical (unpaired) electrons. The molecule has 0 fully saturated rings. The second kappa shape index (κ2) is 4.24. The highest BCUT2D eigenvalue weighted by Crippen LogP contribution is 2.05. The first-order valence-corrected chi connectivity index (χ1v) is 5.02. The smallest absolute Gasteiger partial charge is 0.348 e. The molecular weight excluding hydrogens is 224 g/mol. The van der Waals surface area contributed by atoms with Crippen molar-refractivity contribution in [2.45, 2.75) is 13.0 Å². The third kappa shape index (κ3) is 2.10. The molecular formula is C9H12N6O2. The van der Waals surface area contributed by atoms with Crippen LogP contribution in [0.5, 0.6) is 0 Å². The van der Waals surface area contributed by atoms with Crippen LogP contribution >= 0.6 is 0 Å². The summed E-state index contributed by atoms with van der Waals surface area (Å²) in [4.78, 5) is 26.5. The predicted octanol–water partition coefficient (Wildman–Crippen LogP) is -1.04. The van der Waals surface area contributed by atoms with Crippen molar-refractivity contribution in [1.82, 2.24) is 24.9 Å². The minimum Gasteiger partial charge on any atom is -0.358 e. The van der Waals surface area contributed by atoms with Gasteiger partial charge in [-0.1, -0.05) is 0 Å². The van der Waals surface area contributed by atoms with Crippen LogP contribution in [0.2, 0.25) is 0 Å². The number of nitrogens with zero attached hydrogens (tertiary/aromatic N) is 3. The Labute approximate surface area is 96.1 Å². The van der Waals surface area contributed by atoms with Crippen molar-refractivity contribution in [2.75, 3.05) is 12.4 Å². The van der Waals surface area contributed by atoms with Crippen LogP contribution in [0.15, 0.2) is 17.2 Å². The third-order valence-electron chi connectivity index (χ3n) is 2.31. The van der Waals surface area contributed by atoms with Crippen molar-refractivity contribution in [3.05, 3.63) is 22.9 Å². The topological polar surface area (TPSA) is 104 Å². The van der Waals surface area contributed by atoms with E-state index in [1.165, 1.54) is 10.7 Å². The van der Waals surface area contributed by atoms with Crippen LogP contribution in [0, 0.1) is 0 Å². The molecule has 0 aliphatic carbocycles. The molecule has 90 valence electrons. The number of carbonyl (C=O) groups excluding carboxylic acids is 1. The SMILES string of the molecule is CNC(=O)C(C)Nc1cc2n[nH]c(=O)n2cn1. The van der Waals surface area contributed by atoms with Crippen LogP contribution in [-0.2, 0) is 4.79 Å². The van der Waals surface area contributed by atoms with E-state index in [2.05, 4.69) is 25.8 Å². The summed E-state index contributed by atoms with van der Waals surface area (Å²) in [5.41, 5.74) is 0.0926. The Balaban J connectivity index is 2.25. The number of rotatable bonds is 3. The van der Waals surface area contributed by atoms with Gasteiger partial charge in [-0.15, -0.1) is 0 Å². The molecule has 2 heterocycles. The van der Waals surface area contributed by atoms with Crippen LogP contribution < -0.4 is 16.3 Å². The van der Waals surface area contributed by atoms with E-state index in [1.807, 2.05) is 0 Å². The average Bonchev–Trinajstić information content (AvgIpc) is 2.69. The molecule has 0 aromatic carbocycles. The molecule has 1 unspecified atom stereocenters. The molecule has 0 aliphatic rings. The van der Waals surface area contributed by atoms with E-state index in [0.29, 0.717) is 11.5 Å². The number of aromatic amines is 1. The van der Waals surface area contributed by atoms with Gasteiger partial charge < -0.3 is 10.6 Å². The quantitative estimate of drug-likeness (QED) is 0.631. The number of aromatic nitrogens is 4. The summed E-state index contributed by atoms with van der Waals surface area (Å²) < 4.78 is 1.27. The van der Waals surface area contributed by atoms with Gasteiger partial charge in [0.25, 0.3) is 0 Å². The van der Waals surface area contributed by atoms with Gasteiger partial charge in [0.05, 0.1) is 0 Å². The number of carbonyl (C=O) groups is 1. The molecule has 1 amide bonds. The summed E-state index contributed by atoms with van der Waals surface area (Å²) in [5, 5.41) is 11.5. The monoisotopic (exact) mass is 236 g/mol. The molecule has 8 heteroatoms. The molecule has 0 aliphatic heterocycles. The number of nitrogens with one attached hydrogen (secondary N) is 3. The van der Waals surface area contributed by atoms with Gasteiger partial charge in [-0.05, 0) is 6.92 Å². The number of hydrogen-bond acceptors (Lipinski definition) is 5. The van der Waals surface area contributed by atoms with Gasteiger partial charge in [0.15, 0.2) is 5.65 Å². The standard InChI is InChI=1S/C9H12N6O2/c1-5(8(16)10-2)12-6-3-7-13-14-9(17)15(7)4-11-6/h3-5,12H,1-2H3,(H,10,16)(H,14,17). The summed E-state index contributed by atoms with van der Waals surface area (Å²) in [6.45, 7) is 1.71. The molecule has 3 N–H and O–H groups in total. The first-order valence-electron chi connectivity index (χ1n) is 5.02. The van der Waals surface area contributed by atoms with Gasteiger partial charge >= 0.3 is 5.69 Å². The van der Waals surface area contributed by atoms with Gasteiger partial charge in [-0.25, -0.2) is 19.3 Å². The Bertz CT molecular complexity index is 601. The Kier molecular flexibility index (Phi) is 2.77. The molecule has 0 saturated carbocycles. The summed E-state index contributed by atoms with van der Waals surface area (Å²) in [5.74, 6) is 0.332. The molecule has 2 rings (SSSR count). The fourth-order valence-corrected chi connectivity index (χ4v) is 1.39. The highest BCUT2D eigenvalue weighted by atomic mass is 16.2. The largest absolute Gasteiger partial charge is 0.358 e. The second-order valence-electron chi connectivity index (χ2n) is 3.51. The predicted molar refractivity (Wildman–Crippen MR) is 60.8 cm³/mol. The summed E-state index contributed by atoms with van der Waals surface area (Å²) >= 11 is 0. The maximum absolute atomic E-state index is 11.3. The van der Waals surface area contributed by atoms with Crippen molar-refractivity contribution in [1.29, 1.82) is 0 Å². The lowest BCUT2D eigenvalue weighted by Gasteiger charge is -2.12. The lowest BCUT2D eigenvalue weighted by atomic mass is 10.3. The first kappa shape index (κ1) is 11.1. The number of H-pyrrole nitrogens is 1. The molecule has 1 atom stereocenters. The number of amides is 1. The molecule has 2 aromatic rings. The van der Waals surface area contributed by atoms with E-state index in [9.17, 15) is 9.59 Å². The van der Waals surface area contributed by atoms with Gasteiger partial charge in [-0.3, -0.25) is 4.79 Å². The number of hydrogen-bond donors (Lipinski definition) is 3. The molecule has 2 aromatic heterocycles. The minimum absolute atomic E-state index is 0.147. The van der Waals surface area contributed by atoms with Crippen LogP contribution in [0.3, 0.4) is 0 Å². The van der Waals surface area contributed by atoms with E-state index in [4.69, 9.17) is 0 Å². The van der Waals surface area contributed by atoms with Crippen molar-refractivity contribution in [2.24, 2.45) is 0 Å².